The van der Waals surface area contributed by atoms with Crippen LogP contribution in [0.4, 0.5) is 0 Å². The van der Waals surface area contributed by atoms with Gasteiger partial charge in [0.25, 0.3) is 0 Å². The predicted octanol–water partition coefficient (Wildman–Crippen LogP) is 2.12. The molecular formula is C15H30N2O. The van der Waals surface area contributed by atoms with Crippen molar-refractivity contribution in [1.82, 2.24) is 10.2 Å². The number of nitrogens with one attached hydrogen (secondary N) is 1. The van der Waals surface area contributed by atoms with E-state index in [1.54, 1.807) is 0 Å². The van der Waals surface area contributed by atoms with E-state index in [4.69, 9.17) is 4.74 Å². The average molecular weight is 254 g/mol. The molecule has 3 heteroatoms. The fraction of sp³-hybridized carbons (Fsp3) is 1.00. The van der Waals surface area contributed by atoms with Gasteiger partial charge in [-0.3, -0.25) is 4.90 Å². The van der Waals surface area contributed by atoms with E-state index in [0.29, 0.717) is 0 Å². The summed E-state index contributed by atoms with van der Waals surface area (Å²) in [5.74, 6) is 1.82. The topological polar surface area (TPSA) is 24.5 Å². The molecule has 1 aliphatic heterocycles. The van der Waals surface area contributed by atoms with Crippen LogP contribution in [0.5, 0.6) is 0 Å². The van der Waals surface area contributed by atoms with Crippen molar-refractivity contribution >= 4 is 0 Å². The molecule has 0 radical (unpaired) electrons. The maximum Gasteiger partial charge on any atom is 0.0594 e. The maximum atomic E-state index is 5.37. The zero-order chi connectivity index (χ0) is 12.8. The number of ether oxygens (including phenoxy) is 1. The van der Waals surface area contributed by atoms with Gasteiger partial charge in [0.05, 0.1) is 13.2 Å². The zero-order valence-electron chi connectivity index (χ0n) is 12.2. The van der Waals surface area contributed by atoms with Crippen LogP contribution in [-0.2, 0) is 4.74 Å². The van der Waals surface area contributed by atoms with E-state index in [0.717, 1.165) is 44.2 Å². The summed E-state index contributed by atoms with van der Waals surface area (Å²) in [6, 6.07) is 0.772. The number of hydrogen-bond donors (Lipinski definition) is 1. The standard InChI is InChI=1S/C15H30N2O/c1-13-10-14(2)12-15(11-13)16-4-3-5-17-6-8-18-9-7-17/h13-16H,3-12H2,1-2H3. The van der Waals surface area contributed by atoms with Crippen molar-refractivity contribution in [2.24, 2.45) is 11.8 Å². The molecule has 0 amide bonds. The lowest BCUT2D eigenvalue weighted by Gasteiger charge is -2.32. The summed E-state index contributed by atoms with van der Waals surface area (Å²) in [5.41, 5.74) is 0. The highest BCUT2D eigenvalue weighted by atomic mass is 16.5. The number of nitrogens with zero attached hydrogens (tertiary/aromatic N) is 1. The lowest BCUT2D eigenvalue weighted by atomic mass is 9.80. The largest absolute Gasteiger partial charge is 0.379 e. The van der Waals surface area contributed by atoms with E-state index in [1.807, 2.05) is 0 Å². The van der Waals surface area contributed by atoms with Crippen LogP contribution in [0.15, 0.2) is 0 Å². The quantitative estimate of drug-likeness (QED) is 0.761. The SMILES string of the molecule is CC1CC(C)CC(NCCCN2CCOCC2)C1. The molecule has 0 aromatic carbocycles. The monoisotopic (exact) mass is 254 g/mol. The third-order valence-electron chi connectivity index (χ3n) is 4.37. The van der Waals surface area contributed by atoms with Gasteiger partial charge in [-0.1, -0.05) is 13.8 Å². The molecule has 1 N–H and O–H groups in total. The Kier molecular flexibility index (Phi) is 5.93. The molecule has 0 aromatic rings. The van der Waals surface area contributed by atoms with Crippen molar-refractivity contribution in [3.63, 3.8) is 0 Å². The Morgan fingerprint density at radius 1 is 1.06 bits per heavy atom. The van der Waals surface area contributed by atoms with Crippen LogP contribution in [-0.4, -0.2) is 50.3 Å². The Labute approximate surface area is 112 Å². The van der Waals surface area contributed by atoms with E-state index in [9.17, 15) is 0 Å². The normalized spacial score (nSPS) is 34.7. The molecule has 1 heterocycles. The first-order valence-corrected chi connectivity index (χ1v) is 7.77. The molecule has 2 rings (SSSR count). The fourth-order valence-corrected chi connectivity index (χ4v) is 3.55. The van der Waals surface area contributed by atoms with Crippen LogP contribution < -0.4 is 5.32 Å². The van der Waals surface area contributed by atoms with Crippen molar-refractivity contribution < 1.29 is 4.74 Å². The van der Waals surface area contributed by atoms with Gasteiger partial charge in [-0.05, 0) is 50.6 Å². The molecule has 1 saturated carbocycles. The van der Waals surface area contributed by atoms with Crippen LogP contribution >= 0.6 is 0 Å². The molecule has 2 unspecified atom stereocenters. The van der Waals surface area contributed by atoms with E-state index in [2.05, 4.69) is 24.1 Å². The summed E-state index contributed by atoms with van der Waals surface area (Å²) in [5, 5.41) is 3.76. The molecule has 1 aliphatic carbocycles. The van der Waals surface area contributed by atoms with Crippen molar-refractivity contribution in [3.05, 3.63) is 0 Å². The molecule has 2 fully saturated rings. The van der Waals surface area contributed by atoms with Gasteiger partial charge in [0.1, 0.15) is 0 Å². The van der Waals surface area contributed by atoms with Crippen molar-refractivity contribution in [1.29, 1.82) is 0 Å². The van der Waals surface area contributed by atoms with E-state index >= 15 is 0 Å². The molecule has 0 aromatic heterocycles. The van der Waals surface area contributed by atoms with Gasteiger partial charge >= 0.3 is 0 Å². The number of rotatable bonds is 5. The van der Waals surface area contributed by atoms with E-state index < -0.39 is 0 Å². The minimum absolute atomic E-state index is 0.772. The van der Waals surface area contributed by atoms with Crippen molar-refractivity contribution in [2.45, 2.75) is 45.6 Å². The first-order chi connectivity index (χ1) is 8.74. The van der Waals surface area contributed by atoms with Crippen LogP contribution in [0.25, 0.3) is 0 Å². The summed E-state index contributed by atoms with van der Waals surface area (Å²) in [7, 11) is 0. The van der Waals surface area contributed by atoms with E-state index in [-0.39, 0.29) is 0 Å². The predicted molar refractivity (Wildman–Crippen MR) is 75.8 cm³/mol. The van der Waals surface area contributed by atoms with Gasteiger partial charge in [-0.15, -0.1) is 0 Å². The second-order valence-electron chi connectivity index (χ2n) is 6.38. The molecule has 2 atom stereocenters. The smallest absolute Gasteiger partial charge is 0.0594 e. The van der Waals surface area contributed by atoms with Crippen LogP contribution in [0.2, 0.25) is 0 Å². The number of morpholine rings is 1. The highest BCUT2D eigenvalue weighted by molar-refractivity contribution is 4.79. The molecule has 0 bridgehead atoms. The second kappa shape index (κ2) is 7.46. The van der Waals surface area contributed by atoms with E-state index in [1.165, 1.54) is 38.8 Å². The molecule has 1 saturated heterocycles. The highest BCUT2D eigenvalue weighted by Crippen LogP contribution is 2.28. The Balaban J connectivity index is 1.54. The van der Waals surface area contributed by atoms with Crippen molar-refractivity contribution in [2.75, 3.05) is 39.4 Å². The fourth-order valence-electron chi connectivity index (χ4n) is 3.55. The highest BCUT2D eigenvalue weighted by Gasteiger charge is 2.23. The Morgan fingerprint density at radius 3 is 2.39 bits per heavy atom. The third-order valence-corrected chi connectivity index (χ3v) is 4.37. The second-order valence-corrected chi connectivity index (χ2v) is 6.38. The summed E-state index contributed by atoms with van der Waals surface area (Å²) >= 11 is 0. The number of hydrogen-bond acceptors (Lipinski definition) is 3. The Morgan fingerprint density at radius 2 is 1.72 bits per heavy atom. The summed E-state index contributed by atoms with van der Waals surface area (Å²) in [4.78, 5) is 2.53. The molecule has 2 aliphatic rings. The first kappa shape index (κ1) is 14.3. The molecule has 0 spiro atoms. The summed E-state index contributed by atoms with van der Waals surface area (Å²) in [6.45, 7) is 11.3. The molecule has 3 nitrogen and oxygen atoms in total. The van der Waals surface area contributed by atoms with Crippen LogP contribution in [0.1, 0.15) is 39.5 Å². The minimum atomic E-state index is 0.772. The Hall–Kier alpha value is -0.120. The summed E-state index contributed by atoms with van der Waals surface area (Å²) in [6.07, 6.45) is 5.45. The van der Waals surface area contributed by atoms with Gasteiger partial charge in [0.2, 0.25) is 0 Å². The zero-order valence-corrected chi connectivity index (χ0v) is 12.2. The minimum Gasteiger partial charge on any atom is -0.379 e. The average Bonchev–Trinajstić information content (AvgIpc) is 2.35. The van der Waals surface area contributed by atoms with Gasteiger partial charge in [-0.25, -0.2) is 0 Å². The van der Waals surface area contributed by atoms with Gasteiger partial charge < -0.3 is 10.1 Å². The third kappa shape index (κ3) is 4.87. The molecule has 18 heavy (non-hydrogen) atoms. The van der Waals surface area contributed by atoms with Crippen molar-refractivity contribution in [3.8, 4) is 0 Å². The molecular weight excluding hydrogens is 224 g/mol. The van der Waals surface area contributed by atoms with Gasteiger partial charge in [0.15, 0.2) is 0 Å². The first-order valence-electron chi connectivity index (χ1n) is 7.77. The van der Waals surface area contributed by atoms with Gasteiger partial charge in [-0.2, -0.15) is 0 Å². The maximum absolute atomic E-state index is 5.37. The summed E-state index contributed by atoms with van der Waals surface area (Å²) < 4.78 is 5.37. The lowest BCUT2D eigenvalue weighted by molar-refractivity contribution is 0.0373. The Bertz CT molecular complexity index is 219. The van der Waals surface area contributed by atoms with Crippen LogP contribution in [0.3, 0.4) is 0 Å². The molecule has 106 valence electrons. The lowest BCUT2D eigenvalue weighted by Crippen LogP contribution is -2.40. The van der Waals surface area contributed by atoms with Gasteiger partial charge in [0, 0.05) is 19.1 Å². The van der Waals surface area contributed by atoms with Crippen LogP contribution in [0, 0.1) is 11.8 Å².